The van der Waals surface area contributed by atoms with Crippen molar-refractivity contribution in [2.24, 2.45) is 11.8 Å². The van der Waals surface area contributed by atoms with Gasteiger partial charge >= 0.3 is 5.97 Å². The fourth-order valence-electron chi connectivity index (χ4n) is 2.22. The molecule has 6 nitrogen and oxygen atoms in total. The van der Waals surface area contributed by atoms with Gasteiger partial charge in [0.1, 0.15) is 0 Å². The topological polar surface area (TPSA) is 73.9 Å². The maximum absolute atomic E-state index is 11.9. The number of rotatable bonds is 8. The summed E-state index contributed by atoms with van der Waals surface area (Å²) in [6.07, 6.45) is 0.844. The van der Waals surface area contributed by atoms with Gasteiger partial charge in [-0.3, -0.25) is 9.59 Å². The van der Waals surface area contributed by atoms with Crippen molar-refractivity contribution in [2.45, 2.75) is 27.2 Å². The highest BCUT2D eigenvalue weighted by Crippen LogP contribution is 2.38. The Kier molecular flexibility index (Phi) is 5.84. The van der Waals surface area contributed by atoms with Crippen molar-refractivity contribution in [2.75, 3.05) is 25.1 Å². The molecule has 1 amide bonds. The molecule has 0 spiro atoms. The molecule has 1 aliphatic carbocycles. The minimum Gasteiger partial charge on any atom is -0.490 e. The quantitative estimate of drug-likeness (QED) is 0.745. The molecule has 0 heterocycles. The summed E-state index contributed by atoms with van der Waals surface area (Å²) in [4.78, 5) is 23.5. The van der Waals surface area contributed by atoms with Crippen molar-refractivity contribution < 1.29 is 23.8 Å². The zero-order valence-electron chi connectivity index (χ0n) is 13.8. The third kappa shape index (κ3) is 4.87. The molecule has 0 bridgehead atoms. The van der Waals surface area contributed by atoms with Crippen LogP contribution in [0.5, 0.6) is 11.5 Å². The summed E-state index contributed by atoms with van der Waals surface area (Å²) in [5, 5.41) is 2.68. The summed E-state index contributed by atoms with van der Waals surface area (Å²) in [6, 6.07) is 5.15. The number of esters is 1. The maximum Gasteiger partial charge on any atom is 0.309 e. The molecule has 0 aliphatic heterocycles. The Labute approximate surface area is 136 Å². The molecule has 126 valence electrons. The fourth-order valence-corrected chi connectivity index (χ4v) is 2.22. The molecule has 0 saturated heterocycles. The van der Waals surface area contributed by atoms with Gasteiger partial charge in [-0.1, -0.05) is 6.92 Å². The number of ether oxygens (including phenoxy) is 3. The first kappa shape index (κ1) is 17.1. The van der Waals surface area contributed by atoms with Crippen molar-refractivity contribution in [3.05, 3.63) is 18.2 Å². The standard InChI is InChI=1S/C17H23NO5/c1-4-21-14-7-6-12(9-15(14)22-5-2)18-16(19)10-23-17(20)13-8-11(13)3/h6-7,9,11,13H,4-5,8,10H2,1-3H3,(H,18,19)/t11-,13-/m1/s1. The van der Waals surface area contributed by atoms with Crippen molar-refractivity contribution in [3.63, 3.8) is 0 Å². The highest BCUT2D eigenvalue weighted by Gasteiger charge is 2.40. The first-order valence-electron chi connectivity index (χ1n) is 7.91. The summed E-state index contributed by atoms with van der Waals surface area (Å²) < 4.78 is 16.0. The summed E-state index contributed by atoms with van der Waals surface area (Å²) in [5.74, 6) is 0.841. The minimum atomic E-state index is -0.377. The lowest BCUT2D eigenvalue weighted by atomic mass is 10.2. The molecular formula is C17H23NO5. The van der Waals surface area contributed by atoms with E-state index in [2.05, 4.69) is 5.32 Å². The molecule has 1 fully saturated rings. The number of anilines is 1. The number of nitrogens with one attached hydrogen (secondary N) is 1. The summed E-state index contributed by atoms with van der Waals surface area (Å²) in [5.41, 5.74) is 0.567. The van der Waals surface area contributed by atoms with E-state index in [-0.39, 0.29) is 24.4 Å². The number of amides is 1. The van der Waals surface area contributed by atoms with Gasteiger partial charge in [0.15, 0.2) is 18.1 Å². The zero-order chi connectivity index (χ0) is 16.8. The Bertz CT molecular complexity index is 572. The number of carbonyl (C=O) groups excluding carboxylic acids is 2. The van der Waals surface area contributed by atoms with Gasteiger partial charge in [-0.25, -0.2) is 0 Å². The van der Waals surface area contributed by atoms with Gasteiger partial charge < -0.3 is 19.5 Å². The van der Waals surface area contributed by atoms with E-state index in [0.29, 0.717) is 36.3 Å². The normalized spacial score (nSPS) is 18.9. The Balaban J connectivity index is 1.89. The second-order valence-corrected chi connectivity index (χ2v) is 5.50. The maximum atomic E-state index is 11.9. The van der Waals surface area contributed by atoms with E-state index in [9.17, 15) is 9.59 Å². The summed E-state index contributed by atoms with van der Waals surface area (Å²) >= 11 is 0. The molecule has 0 radical (unpaired) electrons. The van der Waals surface area contributed by atoms with Crippen molar-refractivity contribution in [1.29, 1.82) is 0 Å². The molecule has 1 N–H and O–H groups in total. The van der Waals surface area contributed by atoms with E-state index in [1.165, 1.54) is 0 Å². The molecule has 6 heteroatoms. The van der Waals surface area contributed by atoms with Crippen LogP contribution < -0.4 is 14.8 Å². The highest BCUT2D eigenvalue weighted by molar-refractivity contribution is 5.93. The lowest BCUT2D eigenvalue weighted by molar-refractivity contribution is -0.148. The van der Waals surface area contributed by atoms with Crippen LogP contribution in [0.25, 0.3) is 0 Å². The third-order valence-electron chi connectivity index (χ3n) is 3.58. The molecule has 2 rings (SSSR count). The van der Waals surface area contributed by atoms with Crippen LogP contribution in [-0.4, -0.2) is 31.7 Å². The molecule has 1 aromatic carbocycles. The van der Waals surface area contributed by atoms with Gasteiger partial charge in [0.05, 0.1) is 19.1 Å². The van der Waals surface area contributed by atoms with E-state index in [0.717, 1.165) is 6.42 Å². The Morgan fingerprint density at radius 3 is 2.43 bits per heavy atom. The average molecular weight is 321 g/mol. The van der Waals surface area contributed by atoms with Crippen molar-refractivity contribution >= 4 is 17.6 Å². The van der Waals surface area contributed by atoms with Crippen molar-refractivity contribution in [3.8, 4) is 11.5 Å². The number of benzene rings is 1. The molecule has 2 atom stereocenters. The lowest BCUT2D eigenvalue weighted by Gasteiger charge is -2.13. The molecule has 0 unspecified atom stereocenters. The van der Waals surface area contributed by atoms with Gasteiger partial charge in [0.25, 0.3) is 5.91 Å². The van der Waals surface area contributed by atoms with Crippen molar-refractivity contribution in [1.82, 2.24) is 0 Å². The lowest BCUT2D eigenvalue weighted by Crippen LogP contribution is -2.21. The van der Waals surface area contributed by atoms with Crippen LogP contribution in [0.1, 0.15) is 27.2 Å². The minimum absolute atomic E-state index is 0.0437. The SMILES string of the molecule is CCOc1ccc(NC(=O)COC(=O)[C@@H]2C[C@H]2C)cc1OCC. The second kappa shape index (κ2) is 7.85. The van der Waals surface area contributed by atoms with Crippen LogP contribution in [0.3, 0.4) is 0 Å². The largest absolute Gasteiger partial charge is 0.490 e. The average Bonchev–Trinajstić information content (AvgIpc) is 3.25. The van der Waals surface area contributed by atoms with Gasteiger partial charge in [0.2, 0.25) is 0 Å². The number of hydrogen-bond acceptors (Lipinski definition) is 5. The van der Waals surface area contributed by atoms with Gasteiger partial charge in [-0.05, 0) is 38.3 Å². The predicted octanol–water partition coefficient (Wildman–Crippen LogP) is 2.62. The van der Waals surface area contributed by atoms with Crippen LogP contribution >= 0.6 is 0 Å². The molecule has 23 heavy (non-hydrogen) atoms. The monoisotopic (exact) mass is 321 g/mol. The first-order valence-corrected chi connectivity index (χ1v) is 7.91. The molecule has 1 aromatic rings. The predicted molar refractivity (Wildman–Crippen MR) is 85.6 cm³/mol. The number of carbonyl (C=O) groups is 2. The molecule has 1 saturated carbocycles. The number of hydrogen-bond donors (Lipinski definition) is 1. The smallest absolute Gasteiger partial charge is 0.309 e. The third-order valence-corrected chi connectivity index (χ3v) is 3.58. The van der Waals surface area contributed by atoms with E-state index in [1.807, 2.05) is 20.8 Å². The molecule has 0 aromatic heterocycles. The summed E-state index contributed by atoms with van der Waals surface area (Å²) in [6.45, 7) is 6.50. The van der Waals surface area contributed by atoms with Gasteiger partial charge in [0, 0.05) is 11.8 Å². The molecule has 1 aliphatic rings. The highest BCUT2D eigenvalue weighted by atomic mass is 16.5. The second-order valence-electron chi connectivity index (χ2n) is 5.50. The first-order chi connectivity index (χ1) is 11.0. The van der Waals surface area contributed by atoms with E-state index in [1.54, 1.807) is 18.2 Å². The summed E-state index contributed by atoms with van der Waals surface area (Å²) in [7, 11) is 0. The zero-order valence-corrected chi connectivity index (χ0v) is 13.8. The van der Waals surface area contributed by atoms with Crippen LogP contribution in [0.4, 0.5) is 5.69 Å². The van der Waals surface area contributed by atoms with E-state index < -0.39 is 0 Å². The van der Waals surface area contributed by atoms with E-state index in [4.69, 9.17) is 14.2 Å². The van der Waals surface area contributed by atoms with Gasteiger partial charge in [-0.15, -0.1) is 0 Å². The Hall–Kier alpha value is -2.24. The Morgan fingerprint density at radius 2 is 1.83 bits per heavy atom. The Morgan fingerprint density at radius 1 is 1.17 bits per heavy atom. The van der Waals surface area contributed by atoms with Crippen LogP contribution in [-0.2, 0) is 14.3 Å². The molecular weight excluding hydrogens is 298 g/mol. The van der Waals surface area contributed by atoms with Gasteiger partial charge in [-0.2, -0.15) is 0 Å². The van der Waals surface area contributed by atoms with Crippen LogP contribution in [0.15, 0.2) is 18.2 Å². The fraction of sp³-hybridized carbons (Fsp3) is 0.529. The van der Waals surface area contributed by atoms with E-state index >= 15 is 0 Å². The van der Waals surface area contributed by atoms with Crippen LogP contribution in [0.2, 0.25) is 0 Å². The van der Waals surface area contributed by atoms with Crippen LogP contribution in [0, 0.1) is 11.8 Å².